The van der Waals surface area contributed by atoms with Crippen molar-refractivity contribution in [3.8, 4) is 5.75 Å². The van der Waals surface area contributed by atoms with Crippen molar-refractivity contribution in [3.63, 3.8) is 0 Å². The number of hydrogen-bond acceptors (Lipinski definition) is 6. The number of likely N-dealkylation sites (N-methyl/N-ethyl adjacent to an activating group) is 1. The highest BCUT2D eigenvalue weighted by molar-refractivity contribution is 5.93. The molecule has 8 heteroatoms. The Bertz CT molecular complexity index is 910. The lowest BCUT2D eigenvalue weighted by Crippen LogP contribution is -2.58. The Morgan fingerprint density at radius 1 is 1.31 bits per heavy atom. The molecule has 2 aliphatic heterocycles. The standard InChI is InChI=1S/C21H26N4O4/c1-14-23-17(13-29-14)21(27)25-8-7-24(2)18(12-25)20(26)22-11-15-5-6-19-16(10-15)4-3-9-28-19/h5-6,10,13,18H,3-4,7-9,11-12H2,1-2H3,(H,22,26). The van der Waals surface area contributed by atoms with E-state index in [9.17, 15) is 9.59 Å². The predicted molar refractivity (Wildman–Crippen MR) is 106 cm³/mol. The van der Waals surface area contributed by atoms with Gasteiger partial charge in [0.25, 0.3) is 5.91 Å². The second kappa shape index (κ2) is 8.24. The lowest BCUT2D eigenvalue weighted by atomic mass is 10.0. The van der Waals surface area contributed by atoms with Crippen molar-refractivity contribution in [2.24, 2.45) is 0 Å². The first kappa shape index (κ1) is 19.4. The number of aryl methyl sites for hydroxylation is 2. The zero-order valence-electron chi connectivity index (χ0n) is 16.8. The van der Waals surface area contributed by atoms with Gasteiger partial charge in [0.15, 0.2) is 11.6 Å². The Labute approximate surface area is 169 Å². The molecule has 8 nitrogen and oxygen atoms in total. The molecule has 1 fully saturated rings. The Kier molecular flexibility index (Phi) is 5.53. The fourth-order valence-corrected chi connectivity index (χ4v) is 3.80. The first-order valence-electron chi connectivity index (χ1n) is 9.95. The number of nitrogens with zero attached hydrogens (tertiary/aromatic N) is 3. The van der Waals surface area contributed by atoms with E-state index in [4.69, 9.17) is 9.15 Å². The van der Waals surface area contributed by atoms with Crippen molar-refractivity contribution < 1.29 is 18.7 Å². The van der Waals surface area contributed by atoms with Crippen LogP contribution >= 0.6 is 0 Å². The van der Waals surface area contributed by atoms with Crippen LogP contribution in [0.15, 0.2) is 28.9 Å². The minimum Gasteiger partial charge on any atom is -0.493 e. The number of carbonyl (C=O) groups excluding carboxylic acids is 2. The third-order valence-corrected chi connectivity index (χ3v) is 5.52. The molecular weight excluding hydrogens is 372 g/mol. The molecule has 0 saturated carbocycles. The number of hydrogen-bond donors (Lipinski definition) is 1. The Morgan fingerprint density at radius 3 is 2.97 bits per heavy atom. The average molecular weight is 398 g/mol. The Hall–Kier alpha value is -2.87. The van der Waals surface area contributed by atoms with Crippen molar-refractivity contribution in [1.29, 1.82) is 0 Å². The van der Waals surface area contributed by atoms with Crippen molar-refractivity contribution in [2.45, 2.75) is 32.4 Å². The van der Waals surface area contributed by atoms with E-state index in [0.29, 0.717) is 32.1 Å². The number of carbonyl (C=O) groups is 2. The zero-order chi connectivity index (χ0) is 20.4. The van der Waals surface area contributed by atoms with Gasteiger partial charge in [0.1, 0.15) is 18.1 Å². The fraction of sp³-hybridized carbons (Fsp3) is 0.476. The first-order chi connectivity index (χ1) is 14.0. The molecule has 0 bridgehead atoms. The maximum absolute atomic E-state index is 12.8. The van der Waals surface area contributed by atoms with E-state index in [1.165, 1.54) is 11.8 Å². The van der Waals surface area contributed by atoms with E-state index in [-0.39, 0.29) is 17.5 Å². The highest BCUT2D eigenvalue weighted by Crippen LogP contribution is 2.25. The van der Waals surface area contributed by atoms with Crippen LogP contribution in [0.25, 0.3) is 0 Å². The van der Waals surface area contributed by atoms with Gasteiger partial charge >= 0.3 is 0 Å². The van der Waals surface area contributed by atoms with Crippen LogP contribution in [0, 0.1) is 6.92 Å². The average Bonchev–Trinajstić information content (AvgIpc) is 3.18. The highest BCUT2D eigenvalue weighted by Gasteiger charge is 2.33. The number of piperazine rings is 1. The summed E-state index contributed by atoms with van der Waals surface area (Å²) in [6.45, 7) is 4.41. The molecule has 1 aromatic heterocycles. The van der Waals surface area contributed by atoms with Crippen LogP contribution in [0.2, 0.25) is 0 Å². The molecule has 1 aromatic carbocycles. The van der Waals surface area contributed by atoms with Crippen LogP contribution in [0.5, 0.6) is 5.75 Å². The van der Waals surface area contributed by atoms with Gasteiger partial charge in [-0.25, -0.2) is 4.98 Å². The summed E-state index contributed by atoms with van der Waals surface area (Å²) in [5, 5.41) is 3.02. The molecule has 0 radical (unpaired) electrons. The van der Waals surface area contributed by atoms with E-state index < -0.39 is 6.04 Å². The second-order valence-corrected chi connectivity index (χ2v) is 7.61. The Balaban J connectivity index is 1.37. The van der Waals surface area contributed by atoms with Crippen LogP contribution in [-0.4, -0.2) is 65.9 Å². The van der Waals surface area contributed by atoms with E-state index in [1.807, 2.05) is 24.1 Å². The first-order valence-corrected chi connectivity index (χ1v) is 9.95. The predicted octanol–water partition coefficient (Wildman–Crippen LogP) is 1.38. The van der Waals surface area contributed by atoms with Crippen LogP contribution in [-0.2, 0) is 17.8 Å². The van der Waals surface area contributed by atoms with Crippen molar-refractivity contribution in [3.05, 3.63) is 47.2 Å². The van der Waals surface area contributed by atoms with E-state index in [2.05, 4.69) is 16.4 Å². The monoisotopic (exact) mass is 398 g/mol. The second-order valence-electron chi connectivity index (χ2n) is 7.61. The summed E-state index contributed by atoms with van der Waals surface area (Å²) in [7, 11) is 1.91. The lowest BCUT2D eigenvalue weighted by molar-refractivity contribution is -0.127. The summed E-state index contributed by atoms with van der Waals surface area (Å²) in [6.07, 6.45) is 3.39. The van der Waals surface area contributed by atoms with Gasteiger partial charge in [0, 0.05) is 33.1 Å². The quantitative estimate of drug-likeness (QED) is 0.837. The SMILES string of the molecule is Cc1nc(C(=O)N2CCN(C)C(C(=O)NCc3ccc4c(c3)CCCO4)C2)co1. The molecule has 0 aliphatic carbocycles. The minimum absolute atomic E-state index is 0.0877. The van der Waals surface area contributed by atoms with Crippen molar-refractivity contribution in [2.75, 3.05) is 33.3 Å². The van der Waals surface area contributed by atoms with Gasteiger partial charge in [-0.2, -0.15) is 0 Å². The summed E-state index contributed by atoms with van der Waals surface area (Å²) < 4.78 is 10.8. The molecule has 4 rings (SSSR count). The number of ether oxygens (including phenoxy) is 1. The van der Waals surface area contributed by atoms with E-state index >= 15 is 0 Å². The number of oxazole rings is 1. The summed E-state index contributed by atoms with van der Waals surface area (Å²) in [5.41, 5.74) is 2.52. The van der Waals surface area contributed by atoms with Gasteiger partial charge in [-0.3, -0.25) is 14.5 Å². The topological polar surface area (TPSA) is 87.9 Å². The molecule has 2 amide bonds. The molecule has 1 unspecified atom stereocenters. The molecule has 0 spiro atoms. The summed E-state index contributed by atoms with van der Waals surface area (Å²) in [6, 6.07) is 5.66. The van der Waals surface area contributed by atoms with Gasteiger partial charge in [0.2, 0.25) is 5.91 Å². The van der Waals surface area contributed by atoms with Gasteiger partial charge in [-0.15, -0.1) is 0 Å². The van der Waals surface area contributed by atoms with Crippen LogP contribution in [0.3, 0.4) is 0 Å². The van der Waals surface area contributed by atoms with Gasteiger partial charge in [0.05, 0.1) is 6.61 Å². The lowest BCUT2D eigenvalue weighted by Gasteiger charge is -2.38. The third kappa shape index (κ3) is 4.27. The number of rotatable bonds is 4. The largest absolute Gasteiger partial charge is 0.493 e. The minimum atomic E-state index is -0.401. The summed E-state index contributed by atoms with van der Waals surface area (Å²) in [4.78, 5) is 33.2. The van der Waals surface area contributed by atoms with Gasteiger partial charge < -0.3 is 19.4 Å². The van der Waals surface area contributed by atoms with Crippen LogP contribution in [0.1, 0.15) is 33.9 Å². The molecule has 1 N–H and O–H groups in total. The maximum Gasteiger partial charge on any atom is 0.275 e. The summed E-state index contributed by atoms with van der Waals surface area (Å²) in [5.74, 6) is 1.10. The molecule has 2 aliphatic rings. The molecule has 154 valence electrons. The number of benzene rings is 1. The number of nitrogens with one attached hydrogen (secondary N) is 1. The summed E-state index contributed by atoms with van der Waals surface area (Å²) >= 11 is 0. The van der Waals surface area contributed by atoms with Crippen LogP contribution < -0.4 is 10.1 Å². The molecule has 2 aromatic rings. The highest BCUT2D eigenvalue weighted by atomic mass is 16.5. The van der Waals surface area contributed by atoms with Crippen molar-refractivity contribution >= 4 is 11.8 Å². The molecular formula is C21H26N4O4. The molecule has 1 atom stereocenters. The molecule has 29 heavy (non-hydrogen) atoms. The van der Waals surface area contributed by atoms with E-state index in [0.717, 1.165) is 30.8 Å². The number of fused-ring (bicyclic) bond motifs is 1. The smallest absolute Gasteiger partial charge is 0.275 e. The third-order valence-electron chi connectivity index (χ3n) is 5.52. The molecule has 3 heterocycles. The van der Waals surface area contributed by atoms with Gasteiger partial charge in [-0.1, -0.05) is 12.1 Å². The van der Waals surface area contributed by atoms with E-state index in [1.54, 1.807) is 11.8 Å². The number of aromatic nitrogens is 1. The molecule has 1 saturated heterocycles. The van der Waals surface area contributed by atoms with Gasteiger partial charge in [-0.05, 0) is 37.1 Å². The maximum atomic E-state index is 12.8. The number of amides is 2. The fourth-order valence-electron chi connectivity index (χ4n) is 3.80. The Morgan fingerprint density at radius 2 is 2.17 bits per heavy atom. The normalized spacial score (nSPS) is 19.4. The van der Waals surface area contributed by atoms with Crippen molar-refractivity contribution in [1.82, 2.24) is 20.1 Å². The zero-order valence-corrected chi connectivity index (χ0v) is 16.8. The van der Waals surface area contributed by atoms with Crippen LogP contribution in [0.4, 0.5) is 0 Å².